The summed E-state index contributed by atoms with van der Waals surface area (Å²) in [6.45, 7) is 4.39. The van der Waals surface area contributed by atoms with Crippen molar-refractivity contribution >= 4 is 11.6 Å². The van der Waals surface area contributed by atoms with Crippen molar-refractivity contribution in [3.05, 3.63) is 24.0 Å². The zero-order valence-electron chi connectivity index (χ0n) is 11.4. The summed E-state index contributed by atoms with van der Waals surface area (Å²) in [5, 5.41) is 6.12. The van der Waals surface area contributed by atoms with Crippen LogP contribution in [0.15, 0.2) is 18.5 Å². The maximum Gasteiger partial charge on any atom is 0.254 e. The van der Waals surface area contributed by atoms with Crippen LogP contribution in [0.3, 0.4) is 0 Å². The molecule has 0 aliphatic rings. The molecule has 1 rings (SSSR count). The Balaban J connectivity index is 2.60. The second-order valence-corrected chi connectivity index (χ2v) is 4.41. The Labute approximate surface area is 109 Å². The van der Waals surface area contributed by atoms with Crippen molar-refractivity contribution in [2.24, 2.45) is 0 Å². The quantitative estimate of drug-likeness (QED) is 0.763. The number of amides is 1. The van der Waals surface area contributed by atoms with E-state index in [1.54, 1.807) is 12.4 Å². The second kappa shape index (κ2) is 7.66. The van der Waals surface area contributed by atoms with Crippen molar-refractivity contribution in [3.8, 4) is 0 Å². The van der Waals surface area contributed by atoms with E-state index in [0.29, 0.717) is 12.1 Å². The molecule has 0 aliphatic heterocycles. The van der Waals surface area contributed by atoms with Gasteiger partial charge in [-0.05, 0) is 26.6 Å². The van der Waals surface area contributed by atoms with Crippen LogP contribution < -0.4 is 10.6 Å². The van der Waals surface area contributed by atoms with Crippen LogP contribution in [-0.4, -0.2) is 49.5 Å². The summed E-state index contributed by atoms with van der Waals surface area (Å²) in [5.74, 6) is -0.0800. The maximum absolute atomic E-state index is 12.0. The number of anilines is 1. The molecule has 1 aromatic heterocycles. The molecule has 0 saturated carbocycles. The monoisotopic (exact) mass is 250 g/mol. The molecular formula is C13H22N4O. The van der Waals surface area contributed by atoms with Gasteiger partial charge in [-0.2, -0.15) is 0 Å². The molecule has 0 unspecified atom stereocenters. The fourth-order valence-electron chi connectivity index (χ4n) is 1.48. The number of hydrogen-bond donors (Lipinski definition) is 2. The number of likely N-dealkylation sites (N-methyl/N-ethyl adjacent to an activating group) is 1. The number of hydrogen-bond acceptors (Lipinski definition) is 4. The van der Waals surface area contributed by atoms with E-state index >= 15 is 0 Å². The van der Waals surface area contributed by atoms with Gasteiger partial charge in [0.1, 0.15) is 0 Å². The van der Waals surface area contributed by atoms with Crippen LogP contribution in [0.4, 0.5) is 5.69 Å². The minimum absolute atomic E-state index is 0.0800. The molecular weight excluding hydrogens is 228 g/mol. The van der Waals surface area contributed by atoms with Gasteiger partial charge in [-0.3, -0.25) is 9.78 Å². The molecule has 0 spiro atoms. The Bertz CT molecular complexity index is 379. The van der Waals surface area contributed by atoms with E-state index in [-0.39, 0.29) is 5.91 Å². The Kier molecular flexibility index (Phi) is 6.14. The van der Waals surface area contributed by atoms with Gasteiger partial charge in [0.05, 0.1) is 11.3 Å². The van der Waals surface area contributed by atoms with E-state index in [1.165, 1.54) is 0 Å². The number of nitrogens with one attached hydrogen (secondary N) is 2. The largest absolute Gasteiger partial charge is 0.384 e. The predicted octanol–water partition coefficient (Wildman–Crippen LogP) is 1.19. The highest BCUT2D eigenvalue weighted by Crippen LogP contribution is 2.13. The van der Waals surface area contributed by atoms with Crippen molar-refractivity contribution in [1.29, 1.82) is 0 Å². The first-order valence-electron chi connectivity index (χ1n) is 6.26. The van der Waals surface area contributed by atoms with Gasteiger partial charge in [-0.15, -0.1) is 0 Å². The van der Waals surface area contributed by atoms with Crippen LogP contribution in [0.5, 0.6) is 0 Å². The van der Waals surface area contributed by atoms with Gasteiger partial charge in [-0.1, -0.05) is 6.92 Å². The average molecular weight is 250 g/mol. The van der Waals surface area contributed by atoms with E-state index in [1.807, 2.05) is 25.1 Å². The third kappa shape index (κ3) is 4.71. The van der Waals surface area contributed by atoms with Crippen LogP contribution in [0.25, 0.3) is 0 Å². The Hall–Kier alpha value is -1.62. The molecule has 100 valence electrons. The number of carbonyl (C=O) groups is 1. The minimum atomic E-state index is -0.0800. The first-order valence-corrected chi connectivity index (χ1v) is 6.26. The summed E-state index contributed by atoms with van der Waals surface area (Å²) < 4.78 is 0. The van der Waals surface area contributed by atoms with Gasteiger partial charge >= 0.3 is 0 Å². The van der Waals surface area contributed by atoms with Crippen LogP contribution in [0.2, 0.25) is 0 Å². The number of nitrogens with zero attached hydrogens (tertiary/aromatic N) is 2. The lowest BCUT2D eigenvalue weighted by Gasteiger charge is -2.13. The van der Waals surface area contributed by atoms with Crippen molar-refractivity contribution in [2.75, 3.05) is 39.0 Å². The third-order valence-corrected chi connectivity index (χ3v) is 2.48. The lowest BCUT2D eigenvalue weighted by Crippen LogP contribution is -2.31. The topological polar surface area (TPSA) is 57.3 Å². The molecule has 5 heteroatoms. The zero-order chi connectivity index (χ0) is 13.4. The molecule has 2 N–H and O–H groups in total. The highest BCUT2D eigenvalue weighted by molar-refractivity contribution is 5.99. The summed E-state index contributed by atoms with van der Waals surface area (Å²) in [6.07, 6.45) is 4.31. The molecule has 0 aromatic carbocycles. The average Bonchev–Trinajstić information content (AvgIpc) is 2.36. The lowest BCUT2D eigenvalue weighted by atomic mass is 10.2. The third-order valence-electron chi connectivity index (χ3n) is 2.48. The number of aromatic nitrogens is 1. The highest BCUT2D eigenvalue weighted by Gasteiger charge is 2.10. The molecule has 18 heavy (non-hydrogen) atoms. The van der Waals surface area contributed by atoms with Crippen molar-refractivity contribution in [2.45, 2.75) is 13.3 Å². The molecule has 0 aliphatic carbocycles. The van der Waals surface area contributed by atoms with Crippen molar-refractivity contribution in [1.82, 2.24) is 15.2 Å². The number of rotatable bonds is 7. The number of pyridine rings is 1. The number of carbonyl (C=O) groups excluding carboxylic acids is 1. The molecule has 1 heterocycles. The smallest absolute Gasteiger partial charge is 0.254 e. The Morgan fingerprint density at radius 2 is 2.17 bits per heavy atom. The highest BCUT2D eigenvalue weighted by atomic mass is 16.1. The van der Waals surface area contributed by atoms with Crippen LogP contribution in [0, 0.1) is 0 Å². The van der Waals surface area contributed by atoms with Gasteiger partial charge < -0.3 is 15.5 Å². The summed E-state index contributed by atoms with van der Waals surface area (Å²) in [4.78, 5) is 18.0. The normalized spacial score (nSPS) is 10.4. The molecule has 0 atom stereocenters. The zero-order valence-corrected chi connectivity index (χ0v) is 11.4. The minimum Gasteiger partial charge on any atom is -0.384 e. The predicted molar refractivity (Wildman–Crippen MR) is 73.9 cm³/mol. The van der Waals surface area contributed by atoms with Crippen molar-refractivity contribution in [3.63, 3.8) is 0 Å². The fraction of sp³-hybridized carbons (Fsp3) is 0.538. The van der Waals surface area contributed by atoms with E-state index < -0.39 is 0 Å². The van der Waals surface area contributed by atoms with E-state index in [9.17, 15) is 4.79 Å². The Morgan fingerprint density at radius 3 is 2.83 bits per heavy atom. The lowest BCUT2D eigenvalue weighted by molar-refractivity contribution is 0.0951. The fourth-order valence-corrected chi connectivity index (χ4v) is 1.48. The molecule has 0 bridgehead atoms. The van der Waals surface area contributed by atoms with Crippen LogP contribution in [0.1, 0.15) is 23.7 Å². The van der Waals surface area contributed by atoms with Gasteiger partial charge in [0.2, 0.25) is 0 Å². The van der Waals surface area contributed by atoms with Crippen LogP contribution in [-0.2, 0) is 0 Å². The molecule has 5 nitrogen and oxygen atoms in total. The summed E-state index contributed by atoms with van der Waals surface area (Å²) in [7, 11) is 3.95. The van der Waals surface area contributed by atoms with Crippen LogP contribution >= 0.6 is 0 Å². The molecule has 1 aromatic rings. The summed E-state index contributed by atoms with van der Waals surface area (Å²) in [5.41, 5.74) is 1.44. The molecule has 0 radical (unpaired) electrons. The maximum atomic E-state index is 12.0. The van der Waals surface area contributed by atoms with Gasteiger partial charge in [0.25, 0.3) is 5.91 Å². The van der Waals surface area contributed by atoms with Gasteiger partial charge in [0.15, 0.2) is 0 Å². The Morgan fingerprint density at radius 1 is 1.39 bits per heavy atom. The van der Waals surface area contributed by atoms with E-state index in [4.69, 9.17) is 0 Å². The van der Waals surface area contributed by atoms with Gasteiger partial charge in [-0.25, -0.2) is 0 Å². The molecule has 0 saturated heterocycles. The second-order valence-electron chi connectivity index (χ2n) is 4.41. The van der Waals surface area contributed by atoms with Crippen molar-refractivity contribution < 1.29 is 4.79 Å². The summed E-state index contributed by atoms with van der Waals surface area (Å²) >= 11 is 0. The SMILES string of the molecule is CCCNc1ccncc1C(=O)NCCN(C)C. The van der Waals surface area contributed by atoms with Gasteiger partial charge in [0, 0.05) is 32.0 Å². The van der Waals surface area contributed by atoms with E-state index in [2.05, 4.69) is 22.5 Å². The molecule has 1 amide bonds. The first kappa shape index (κ1) is 14.4. The first-order chi connectivity index (χ1) is 8.65. The van der Waals surface area contributed by atoms with E-state index in [0.717, 1.165) is 25.2 Å². The molecule has 0 fully saturated rings. The summed E-state index contributed by atoms with van der Waals surface area (Å²) in [6, 6.07) is 1.83. The standard InChI is InChI=1S/C13H22N4O/c1-4-6-15-12-5-7-14-10-11(12)13(18)16-8-9-17(2)3/h5,7,10H,4,6,8-9H2,1-3H3,(H,14,15)(H,16,18).